The number of rotatable bonds is 5. The highest BCUT2D eigenvalue weighted by Crippen LogP contribution is 2.24. The van der Waals surface area contributed by atoms with Gasteiger partial charge in [-0.3, -0.25) is 19.4 Å². The van der Waals surface area contributed by atoms with Gasteiger partial charge in [-0.2, -0.15) is 0 Å². The lowest BCUT2D eigenvalue weighted by Gasteiger charge is -2.36. The van der Waals surface area contributed by atoms with Crippen LogP contribution >= 0.6 is 27.3 Å². The quantitative estimate of drug-likeness (QED) is 0.651. The van der Waals surface area contributed by atoms with Gasteiger partial charge in [-0.1, -0.05) is 0 Å². The predicted octanol–water partition coefficient (Wildman–Crippen LogP) is 2.04. The molecule has 0 N–H and O–H groups in total. The molecule has 8 heteroatoms. The summed E-state index contributed by atoms with van der Waals surface area (Å²) >= 11 is 5.29. The second-order valence-corrected chi connectivity index (χ2v) is 9.48. The van der Waals surface area contributed by atoms with Gasteiger partial charge in [0, 0.05) is 50.7 Å². The molecule has 0 spiro atoms. The van der Waals surface area contributed by atoms with Crippen molar-refractivity contribution in [2.45, 2.75) is 19.4 Å². The summed E-state index contributed by atoms with van der Waals surface area (Å²) in [7, 11) is 1.43. The van der Waals surface area contributed by atoms with Crippen molar-refractivity contribution < 1.29 is 14.3 Å². The first-order valence-electron chi connectivity index (χ1n) is 9.09. The highest BCUT2D eigenvalue weighted by Gasteiger charge is 2.29. The second kappa shape index (κ2) is 9.30. The number of halogens is 1. The SMILES string of the molecule is COC(=O)C1CCN(C(=O)CN2CCN(Cc3ccc(Br)s3)CC2)CC1. The number of carbonyl (C=O) groups excluding carboxylic acids is 2. The van der Waals surface area contributed by atoms with Crippen molar-refractivity contribution in [1.29, 1.82) is 0 Å². The molecule has 0 aromatic carbocycles. The fraction of sp³-hybridized carbons (Fsp3) is 0.667. The van der Waals surface area contributed by atoms with Gasteiger partial charge in [0.05, 0.1) is 23.4 Å². The van der Waals surface area contributed by atoms with Crippen molar-refractivity contribution in [1.82, 2.24) is 14.7 Å². The minimum absolute atomic E-state index is 0.0510. The number of thiophene rings is 1. The molecule has 0 bridgehead atoms. The first-order chi connectivity index (χ1) is 12.5. The van der Waals surface area contributed by atoms with Crippen LogP contribution in [0.3, 0.4) is 0 Å². The lowest BCUT2D eigenvalue weighted by atomic mass is 9.97. The van der Waals surface area contributed by atoms with E-state index in [-0.39, 0.29) is 17.8 Å². The average molecular weight is 444 g/mol. The predicted molar refractivity (Wildman–Crippen MR) is 105 cm³/mol. The monoisotopic (exact) mass is 443 g/mol. The lowest BCUT2D eigenvalue weighted by molar-refractivity contribution is -0.149. The Morgan fingerprint density at radius 2 is 1.77 bits per heavy atom. The van der Waals surface area contributed by atoms with Gasteiger partial charge in [0.2, 0.25) is 5.91 Å². The van der Waals surface area contributed by atoms with E-state index in [0.717, 1.165) is 32.7 Å². The molecule has 0 atom stereocenters. The number of esters is 1. The molecule has 1 aromatic heterocycles. The molecule has 0 saturated carbocycles. The van der Waals surface area contributed by atoms with E-state index in [0.29, 0.717) is 32.5 Å². The maximum atomic E-state index is 12.5. The molecule has 1 aromatic rings. The second-order valence-electron chi connectivity index (χ2n) is 6.94. The summed E-state index contributed by atoms with van der Waals surface area (Å²) in [6.45, 7) is 6.63. The third kappa shape index (κ3) is 5.28. The number of amides is 1. The number of ether oxygens (including phenoxy) is 1. The molecule has 144 valence electrons. The van der Waals surface area contributed by atoms with E-state index in [1.54, 1.807) is 11.3 Å². The Hall–Kier alpha value is -0.960. The number of hydrogen-bond donors (Lipinski definition) is 0. The van der Waals surface area contributed by atoms with Gasteiger partial charge < -0.3 is 9.64 Å². The summed E-state index contributed by atoms with van der Waals surface area (Å²) in [4.78, 5) is 32.1. The molecule has 26 heavy (non-hydrogen) atoms. The van der Waals surface area contributed by atoms with Crippen LogP contribution in [0.5, 0.6) is 0 Å². The largest absolute Gasteiger partial charge is 0.469 e. The summed E-state index contributed by atoms with van der Waals surface area (Å²) in [5.41, 5.74) is 0. The maximum absolute atomic E-state index is 12.5. The van der Waals surface area contributed by atoms with E-state index >= 15 is 0 Å². The molecule has 0 aliphatic carbocycles. The van der Waals surface area contributed by atoms with Crippen molar-refractivity contribution in [3.05, 3.63) is 20.8 Å². The highest BCUT2D eigenvalue weighted by molar-refractivity contribution is 9.11. The van der Waals surface area contributed by atoms with E-state index in [4.69, 9.17) is 4.74 Å². The first kappa shape index (κ1) is 19.8. The zero-order chi connectivity index (χ0) is 18.5. The van der Waals surface area contributed by atoms with E-state index < -0.39 is 0 Å². The molecule has 3 rings (SSSR count). The summed E-state index contributed by atoms with van der Waals surface area (Å²) in [6.07, 6.45) is 1.42. The Bertz CT molecular complexity index is 623. The van der Waals surface area contributed by atoms with Gasteiger partial charge in [-0.15, -0.1) is 11.3 Å². The third-order valence-electron chi connectivity index (χ3n) is 5.21. The van der Waals surface area contributed by atoms with E-state index in [1.807, 2.05) is 4.90 Å². The third-order valence-corrected chi connectivity index (χ3v) is 6.82. The fourth-order valence-electron chi connectivity index (χ4n) is 3.59. The Kier molecular flexibility index (Phi) is 7.08. The van der Waals surface area contributed by atoms with Gasteiger partial charge in [-0.05, 0) is 40.9 Å². The molecule has 2 fully saturated rings. The fourth-order valence-corrected chi connectivity index (χ4v) is 5.11. The first-order valence-corrected chi connectivity index (χ1v) is 10.7. The van der Waals surface area contributed by atoms with Crippen LogP contribution in [0.4, 0.5) is 0 Å². The average Bonchev–Trinajstić information content (AvgIpc) is 3.07. The van der Waals surface area contributed by atoms with Crippen molar-refractivity contribution >= 4 is 39.1 Å². The zero-order valence-electron chi connectivity index (χ0n) is 15.2. The van der Waals surface area contributed by atoms with Gasteiger partial charge in [-0.25, -0.2) is 0 Å². The minimum atomic E-state index is -0.147. The zero-order valence-corrected chi connectivity index (χ0v) is 17.6. The number of piperazine rings is 1. The Labute approximate surface area is 167 Å². The molecule has 2 aliphatic rings. The molecule has 2 saturated heterocycles. The summed E-state index contributed by atoms with van der Waals surface area (Å²) < 4.78 is 5.98. The number of likely N-dealkylation sites (tertiary alicyclic amines) is 1. The topological polar surface area (TPSA) is 53.1 Å². The van der Waals surface area contributed by atoms with Crippen LogP contribution in [-0.4, -0.2) is 79.5 Å². The van der Waals surface area contributed by atoms with Crippen LogP contribution in [0, 0.1) is 5.92 Å². The molecular formula is C18H26BrN3O3S. The lowest BCUT2D eigenvalue weighted by Crippen LogP contribution is -2.51. The minimum Gasteiger partial charge on any atom is -0.469 e. The number of piperidine rings is 1. The summed E-state index contributed by atoms with van der Waals surface area (Å²) in [6, 6.07) is 4.26. The van der Waals surface area contributed by atoms with Crippen LogP contribution < -0.4 is 0 Å². The standard InChI is InChI=1S/C18H26BrN3O3S/c1-25-18(24)14-4-6-22(7-5-14)17(23)13-21-10-8-20(9-11-21)12-15-2-3-16(19)26-15/h2-3,14H,4-13H2,1H3. The van der Waals surface area contributed by atoms with E-state index in [2.05, 4.69) is 37.9 Å². The Morgan fingerprint density at radius 3 is 2.35 bits per heavy atom. The Balaban J connectivity index is 1.38. The molecule has 0 radical (unpaired) electrons. The number of hydrogen-bond acceptors (Lipinski definition) is 6. The molecule has 2 aliphatic heterocycles. The van der Waals surface area contributed by atoms with Crippen LogP contribution in [0.15, 0.2) is 15.9 Å². The normalized spacial score (nSPS) is 20.3. The van der Waals surface area contributed by atoms with Crippen LogP contribution in [0.1, 0.15) is 17.7 Å². The molecule has 6 nitrogen and oxygen atoms in total. The van der Waals surface area contributed by atoms with Crippen molar-refractivity contribution in [3.63, 3.8) is 0 Å². The van der Waals surface area contributed by atoms with Gasteiger partial charge in [0.1, 0.15) is 0 Å². The Morgan fingerprint density at radius 1 is 1.12 bits per heavy atom. The summed E-state index contributed by atoms with van der Waals surface area (Å²) in [5, 5.41) is 0. The number of methoxy groups -OCH3 is 1. The molecule has 3 heterocycles. The van der Waals surface area contributed by atoms with Crippen LogP contribution in [0.25, 0.3) is 0 Å². The number of carbonyl (C=O) groups is 2. The number of nitrogens with zero attached hydrogens (tertiary/aromatic N) is 3. The van der Waals surface area contributed by atoms with E-state index in [9.17, 15) is 9.59 Å². The molecular weight excluding hydrogens is 418 g/mol. The van der Waals surface area contributed by atoms with E-state index in [1.165, 1.54) is 15.8 Å². The van der Waals surface area contributed by atoms with Crippen molar-refractivity contribution in [3.8, 4) is 0 Å². The van der Waals surface area contributed by atoms with Gasteiger partial charge in [0.25, 0.3) is 0 Å². The molecule has 1 amide bonds. The van der Waals surface area contributed by atoms with Gasteiger partial charge >= 0.3 is 5.97 Å². The molecule has 0 unspecified atom stereocenters. The van der Waals surface area contributed by atoms with Crippen molar-refractivity contribution in [2.75, 3.05) is 52.9 Å². The van der Waals surface area contributed by atoms with Crippen LogP contribution in [0.2, 0.25) is 0 Å². The maximum Gasteiger partial charge on any atom is 0.308 e. The van der Waals surface area contributed by atoms with Crippen LogP contribution in [-0.2, 0) is 20.9 Å². The highest BCUT2D eigenvalue weighted by atomic mass is 79.9. The summed E-state index contributed by atoms with van der Waals surface area (Å²) in [5.74, 6) is -0.0140. The van der Waals surface area contributed by atoms with Crippen molar-refractivity contribution in [2.24, 2.45) is 5.92 Å². The van der Waals surface area contributed by atoms with Gasteiger partial charge in [0.15, 0.2) is 0 Å². The smallest absolute Gasteiger partial charge is 0.308 e.